The van der Waals surface area contributed by atoms with Gasteiger partial charge in [0.1, 0.15) is 18.2 Å². The highest BCUT2D eigenvalue weighted by Crippen LogP contribution is 2.19. The van der Waals surface area contributed by atoms with E-state index in [1.165, 1.54) is 17.0 Å². The third-order valence-electron chi connectivity index (χ3n) is 3.00. The quantitative estimate of drug-likeness (QED) is 0.812. The topological polar surface area (TPSA) is 29.5 Å². The molecule has 0 bridgehead atoms. The summed E-state index contributed by atoms with van der Waals surface area (Å²) in [6, 6.07) is 10.7. The summed E-state index contributed by atoms with van der Waals surface area (Å²) in [5, 5.41) is 0.674. The van der Waals surface area contributed by atoms with Gasteiger partial charge in [-0.05, 0) is 36.4 Å². The van der Waals surface area contributed by atoms with Gasteiger partial charge in [0.05, 0.1) is 17.1 Å². The monoisotopic (exact) mass is 341 g/mol. The Labute approximate surface area is 138 Å². The van der Waals surface area contributed by atoms with Crippen LogP contribution in [0.5, 0.6) is 5.75 Å². The molecule has 2 aromatic rings. The highest BCUT2D eigenvalue weighted by Gasteiger charge is 2.15. The van der Waals surface area contributed by atoms with Crippen molar-refractivity contribution in [3.63, 3.8) is 0 Å². The fraction of sp³-hybridized carbons (Fsp3) is 0.188. The predicted molar refractivity (Wildman–Crippen MR) is 85.3 cm³/mol. The van der Waals surface area contributed by atoms with Crippen molar-refractivity contribution in [1.29, 1.82) is 0 Å². The fourth-order valence-electron chi connectivity index (χ4n) is 1.83. The second kappa shape index (κ2) is 7.47. The lowest BCUT2D eigenvalue weighted by Gasteiger charge is -2.18. The second-order valence-corrected chi connectivity index (χ2v) is 5.50. The van der Waals surface area contributed by atoms with Crippen LogP contribution in [0.15, 0.2) is 42.5 Å². The maximum absolute atomic E-state index is 13.0. The second-order valence-electron chi connectivity index (χ2n) is 4.66. The summed E-state index contributed by atoms with van der Waals surface area (Å²) in [6.45, 7) is 0.667. The molecule has 0 saturated carbocycles. The number of likely N-dealkylation sites (N-methyl/N-ethyl adjacent to an activating group) is 1. The summed E-state index contributed by atoms with van der Waals surface area (Å²) in [5.41, 5.74) is 0.258. The van der Waals surface area contributed by atoms with Crippen LogP contribution in [-0.4, -0.2) is 31.0 Å². The molecule has 0 atom stereocenters. The van der Waals surface area contributed by atoms with Gasteiger partial charge < -0.3 is 9.64 Å². The normalized spacial score (nSPS) is 10.4. The van der Waals surface area contributed by atoms with E-state index >= 15 is 0 Å². The van der Waals surface area contributed by atoms with Gasteiger partial charge in [-0.1, -0.05) is 29.3 Å². The Bertz CT molecular complexity index is 679. The summed E-state index contributed by atoms with van der Waals surface area (Å²) in [7, 11) is 1.63. The van der Waals surface area contributed by atoms with Gasteiger partial charge in [-0.25, -0.2) is 4.39 Å². The average molecular weight is 342 g/mol. The van der Waals surface area contributed by atoms with Crippen molar-refractivity contribution >= 4 is 29.1 Å². The first kappa shape index (κ1) is 16.6. The van der Waals surface area contributed by atoms with E-state index in [-0.39, 0.29) is 16.5 Å². The molecule has 0 fully saturated rings. The molecule has 0 heterocycles. The number of carbonyl (C=O) groups excluding carboxylic acids is 1. The summed E-state index contributed by atoms with van der Waals surface area (Å²) in [5.74, 6) is -0.138. The van der Waals surface area contributed by atoms with Gasteiger partial charge in [0.15, 0.2) is 0 Å². The summed E-state index contributed by atoms with van der Waals surface area (Å²) < 4.78 is 18.5. The number of amides is 1. The molecule has 6 heteroatoms. The van der Waals surface area contributed by atoms with Crippen LogP contribution >= 0.6 is 23.2 Å². The Morgan fingerprint density at radius 1 is 1.23 bits per heavy atom. The number of carbonyl (C=O) groups is 1. The number of hydrogen-bond acceptors (Lipinski definition) is 2. The van der Waals surface area contributed by atoms with Crippen molar-refractivity contribution in [2.24, 2.45) is 0 Å². The third-order valence-corrected chi connectivity index (χ3v) is 3.55. The molecule has 22 heavy (non-hydrogen) atoms. The van der Waals surface area contributed by atoms with E-state index in [1.54, 1.807) is 31.3 Å². The zero-order chi connectivity index (χ0) is 16.1. The van der Waals surface area contributed by atoms with Crippen LogP contribution < -0.4 is 4.74 Å². The van der Waals surface area contributed by atoms with Gasteiger partial charge in [-0.3, -0.25) is 4.79 Å². The molecule has 0 spiro atoms. The van der Waals surface area contributed by atoms with E-state index in [1.807, 2.05) is 0 Å². The van der Waals surface area contributed by atoms with E-state index in [9.17, 15) is 9.18 Å². The van der Waals surface area contributed by atoms with Crippen LogP contribution in [0.25, 0.3) is 0 Å². The molecule has 3 nitrogen and oxygen atoms in total. The predicted octanol–water partition coefficient (Wildman–Crippen LogP) is 4.28. The Kier molecular flexibility index (Phi) is 5.63. The molecular formula is C16H14Cl2FNO2. The van der Waals surface area contributed by atoms with Crippen molar-refractivity contribution in [3.8, 4) is 5.75 Å². The molecule has 2 aromatic carbocycles. The first-order valence-electron chi connectivity index (χ1n) is 6.56. The molecule has 0 radical (unpaired) electrons. The lowest BCUT2D eigenvalue weighted by molar-refractivity contribution is 0.0774. The molecule has 0 N–H and O–H groups in total. The van der Waals surface area contributed by atoms with Gasteiger partial charge in [0.25, 0.3) is 5.91 Å². The lowest BCUT2D eigenvalue weighted by Crippen LogP contribution is -2.31. The van der Waals surface area contributed by atoms with E-state index in [4.69, 9.17) is 27.9 Å². The van der Waals surface area contributed by atoms with Crippen LogP contribution in [0.2, 0.25) is 10.0 Å². The standard InChI is InChI=1S/C16H14Cl2FNO2/c1-20(7-8-22-13-4-2-3-11(17)9-13)16(21)14-6-5-12(19)10-15(14)18/h2-6,9-10H,7-8H2,1H3. The minimum atomic E-state index is -0.478. The highest BCUT2D eigenvalue weighted by molar-refractivity contribution is 6.33. The molecule has 0 aliphatic carbocycles. The van der Waals surface area contributed by atoms with Gasteiger partial charge >= 0.3 is 0 Å². The van der Waals surface area contributed by atoms with E-state index in [0.29, 0.717) is 23.9 Å². The number of benzene rings is 2. The van der Waals surface area contributed by atoms with Crippen molar-refractivity contribution in [2.45, 2.75) is 0 Å². The molecule has 2 rings (SSSR count). The summed E-state index contributed by atoms with van der Waals surface area (Å²) in [4.78, 5) is 13.7. The zero-order valence-corrected chi connectivity index (χ0v) is 13.4. The Hall–Kier alpha value is -1.78. The molecule has 0 aliphatic heterocycles. The Morgan fingerprint density at radius 2 is 2.00 bits per heavy atom. The van der Waals surface area contributed by atoms with E-state index < -0.39 is 5.82 Å². The minimum Gasteiger partial charge on any atom is -0.492 e. The zero-order valence-electron chi connectivity index (χ0n) is 11.9. The smallest absolute Gasteiger partial charge is 0.255 e. The number of ether oxygens (including phenoxy) is 1. The molecule has 0 unspecified atom stereocenters. The first-order valence-corrected chi connectivity index (χ1v) is 7.32. The number of halogens is 3. The molecule has 116 valence electrons. The van der Waals surface area contributed by atoms with Crippen molar-refractivity contribution < 1.29 is 13.9 Å². The molecule has 1 amide bonds. The largest absolute Gasteiger partial charge is 0.492 e. The number of hydrogen-bond donors (Lipinski definition) is 0. The molecular weight excluding hydrogens is 328 g/mol. The summed E-state index contributed by atoms with van der Waals surface area (Å²) >= 11 is 11.7. The van der Waals surface area contributed by atoms with Crippen LogP contribution in [0.4, 0.5) is 4.39 Å². The first-order chi connectivity index (χ1) is 10.5. The molecule has 0 aromatic heterocycles. The fourth-order valence-corrected chi connectivity index (χ4v) is 2.26. The maximum atomic E-state index is 13.0. The SMILES string of the molecule is CN(CCOc1cccc(Cl)c1)C(=O)c1ccc(F)cc1Cl. The van der Waals surface area contributed by atoms with E-state index in [2.05, 4.69) is 0 Å². The van der Waals surface area contributed by atoms with Crippen LogP contribution in [0.3, 0.4) is 0 Å². The Morgan fingerprint density at radius 3 is 2.68 bits per heavy atom. The van der Waals surface area contributed by atoms with E-state index in [0.717, 1.165) is 6.07 Å². The van der Waals surface area contributed by atoms with Crippen LogP contribution in [-0.2, 0) is 0 Å². The van der Waals surface area contributed by atoms with Gasteiger partial charge in [0, 0.05) is 12.1 Å². The lowest BCUT2D eigenvalue weighted by atomic mass is 10.2. The van der Waals surface area contributed by atoms with Gasteiger partial charge in [-0.15, -0.1) is 0 Å². The van der Waals surface area contributed by atoms with Crippen LogP contribution in [0.1, 0.15) is 10.4 Å². The van der Waals surface area contributed by atoms with Crippen molar-refractivity contribution in [2.75, 3.05) is 20.2 Å². The third kappa shape index (κ3) is 4.36. The molecule has 0 saturated heterocycles. The Balaban J connectivity index is 1.91. The van der Waals surface area contributed by atoms with Crippen molar-refractivity contribution in [3.05, 3.63) is 63.9 Å². The molecule has 0 aliphatic rings. The maximum Gasteiger partial charge on any atom is 0.255 e. The van der Waals surface area contributed by atoms with Gasteiger partial charge in [-0.2, -0.15) is 0 Å². The highest BCUT2D eigenvalue weighted by atomic mass is 35.5. The number of nitrogens with zero attached hydrogens (tertiary/aromatic N) is 1. The summed E-state index contributed by atoms with van der Waals surface area (Å²) in [6.07, 6.45) is 0. The van der Waals surface area contributed by atoms with Gasteiger partial charge in [0.2, 0.25) is 0 Å². The van der Waals surface area contributed by atoms with Crippen molar-refractivity contribution in [1.82, 2.24) is 4.90 Å². The average Bonchev–Trinajstić information content (AvgIpc) is 2.46. The minimum absolute atomic E-state index is 0.0904. The number of rotatable bonds is 5. The van der Waals surface area contributed by atoms with Crippen LogP contribution in [0, 0.1) is 5.82 Å².